The average Bonchev–Trinajstić information content (AvgIpc) is 3.35. The number of rotatable bonds is 4. The first kappa shape index (κ1) is 15.6. The van der Waals surface area contributed by atoms with Gasteiger partial charge in [-0.25, -0.2) is 0 Å². The highest BCUT2D eigenvalue weighted by atomic mass is 16.4. The number of amides is 1. The Bertz CT molecular complexity index is 821. The Morgan fingerprint density at radius 3 is 2.56 bits per heavy atom. The van der Waals surface area contributed by atoms with E-state index in [1.54, 1.807) is 6.07 Å². The van der Waals surface area contributed by atoms with Crippen LogP contribution >= 0.6 is 0 Å². The second-order valence-electron chi connectivity index (χ2n) is 5.95. The fraction of sp³-hybridized carbons (Fsp3) is 0.278. The molecular formula is C18H18N4O3. The third-order valence-electron chi connectivity index (χ3n) is 4.27. The minimum Gasteiger partial charge on any atom is -0.472 e. The Balaban J connectivity index is 1.33. The van der Waals surface area contributed by atoms with Gasteiger partial charge in [0.25, 0.3) is 5.91 Å². The maximum absolute atomic E-state index is 12.3. The van der Waals surface area contributed by atoms with Gasteiger partial charge in [0.15, 0.2) is 0 Å². The first-order valence-electron chi connectivity index (χ1n) is 8.21. The first-order valence-corrected chi connectivity index (χ1v) is 8.21. The molecule has 0 aliphatic carbocycles. The first-order chi connectivity index (χ1) is 12.3. The number of benzene rings is 1. The van der Waals surface area contributed by atoms with Crippen LogP contribution in [-0.2, 0) is 6.54 Å². The highest BCUT2D eigenvalue weighted by molar-refractivity contribution is 5.93. The van der Waals surface area contributed by atoms with Crippen LogP contribution in [0, 0.1) is 0 Å². The number of nitrogens with zero attached hydrogens (tertiary/aromatic N) is 4. The van der Waals surface area contributed by atoms with Gasteiger partial charge in [-0.15, -0.1) is 10.2 Å². The summed E-state index contributed by atoms with van der Waals surface area (Å²) in [6, 6.07) is 11.4. The number of hydrogen-bond donors (Lipinski definition) is 0. The summed E-state index contributed by atoms with van der Waals surface area (Å²) in [5, 5.41) is 8.24. The van der Waals surface area contributed by atoms with Gasteiger partial charge in [0.1, 0.15) is 6.26 Å². The van der Waals surface area contributed by atoms with Crippen LogP contribution < -0.4 is 0 Å². The van der Waals surface area contributed by atoms with Crippen LogP contribution in [0.15, 0.2) is 57.8 Å². The summed E-state index contributed by atoms with van der Waals surface area (Å²) in [4.78, 5) is 16.3. The van der Waals surface area contributed by atoms with E-state index in [2.05, 4.69) is 15.1 Å². The van der Waals surface area contributed by atoms with Crippen molar-refractivity contribution in [2.24, 2.45) is 0 Å². The minimum atomic E-state index is 0.0116. The van der Waals surface area contributed by atoms with Gasteiger partial charge in [0.2, 0.25) is 11.8 Å². The fourth-order valence-electron chi connectivity index (χ4n) is 2.88. The van der Waals surface area contributed by atoms with Crippen molar-refractivity contribution >= 4 is 5.91 Å². The normalized spacial score (nSPS) is 15.4. The molecule has 1 amide bonds. The zero-order valence-electron chi connectivity index (χ0n) is 13.7. The molecule has 1 aliphatic heterocycles. The monoisotopic (exact) mass is 338 g/mol. The molecular weight excluding hydrogens is 320 g/mol. The van der Waals surface area contributed by atoms with Crippen molar-refractivity contribution in [3.05, 3.63) is 60.4 Å². The SMILES string of the molecule is O=C(c1ccoc1)N1CCN(Cc2nnc(-c3ccccc3)o2)CC1. The summed E-state index contributed by atoms with van der Waals surface area (Å²) in [5.41, 5.74) is 1.51. The van der Waals surface area contributed by atoms with Gasteiger partial charge in [0, 0.05) is 31.7 Å². The van der Waals surface area contributed by atoms with Crippen LogP contribution in [0.25, 0.3) is 11.5 Å². The molecule has 1 aliphatic rings. The standard InChI is InChI=1S/C18H18N4O3/c23-18(15-6-11-24-13-15)22-9-7-21(8-10-22)12-16-19-20-17(25-16)14-4-2-1-3-5-14/h1-6,11,13H,7-10,12H2. The maximum atomic E-state index is 12.3. The lowest BCUT2D eigenvalue weighted by Crippen LogP contribution is -2.48. The molecule has 128 valence electrons. The third kappa shape index (κ3) is 3.46. The van der Waals surface area contributed by atoms with Crippen LogP contribution in [0.5, 0.6) is 0 Å². The number of furan rings is 1. The molecule has 0 spiro atoms. The number of aromatic nitrogens is 2. The Morgan fingerprint density at radius 1 is 1.04 bits per heavy atom. The zero-order valence-corrected chi connectivity index (χ0v) is 13.7. The van der Waals surface area contributed by atoms with Gasteiger partial charge in [-0.2, -0.15) is 0 Å². The van der Waals surface area contributed by atoms with E-state index in [9.17, 15) is 4.79 Å². The molecule has 0 saturated carbocycles. The van der Waals surface area contributed by atoms with Crippen LogP contribution in [0.1, 0.15) is 16.2 Å². The number of hydrogen-bond acceptors (Lipinski definition) is 6. The zero-order chi connectivity index (χ0) is 17.1. The van der Waals surface area contributed by atoms with E-state index in [1.165, 1.54) is 12.5 Å². The molecule has 3 aromatic rings. The Hall–Kier alpha value is -2.93. The molecule has 25 heavy (non-hydrogen) atoms. The number of carbonyl (C=O) groups excluding carboxylic acids is 1. The van der Waals surface area contributed by atoms with Crippen molar-refractivity contribution < 1.29 is 13.6 Å². The molecule has 1 aromatic carbocycles. The molecule has 1 fully saturated rings. The molecule has 7 heteroatoms. The van der Waals surface area contributed by atoms with Gasteiger partial charge in [-0.3, -0.25) is 9.69 Å². The largest absolute Gasteiger partial charge is 0.472 e. The second-order valence-corrected chi connectivity index (χ2v) is 5.95. The summed E-state index contributed by atoms with van der Waals surface area (Å²) >= 11 is 0. The minimum absolute atomic E-state index is 0.0116. The highest BCUT2D eigenvalue weighted by Gasteiger charge is 2.23. The third-order valence-corrected chi connectivity index (χ3v) is 4.27. The molecule has 0 radical (unpaired) electrons. The summed E-state index contributed by atoms with van der Waals surface area (Å²) in [6.45, 7) is 3.47. The predicted molar refractivity (Wildman–Crippen MR) is 89.6 cm³/mol. The van der Waals surface area contributed by atoms with Crippen molar-refractivity contribution in [3.8, 4) is 11.5 Å². The molecule has 0 unspecified atom stereocenters. The van der Waals surface area contributed by atoms with E-state index in [0.29, 0.717) is 37.0 Å². The van der Waals surface area contributed by atoms with Crippen LogP contribution in [0.3, 0.4) is 0 Å². The number of carbonyl (C=O) groups is 1. The summed E-state index contributed by atoms with van der Waals surface area (Å²) in [6.07, 6.45) is 3.00. The Labute approximate surface area is 144 Å². The lowest BCUT2D eigenvalue weighted by Gasteiger charge is -2.33. The van der Waals surface area contributed by atoms with E-state index < -0.39 is 0 Å². The highest BCUT2D eigenvalue weighted by Crippen LogP contribution is 2.18. The van der Waals surface area contributed by atoms with E-state index in [-0.39, 0.29) is 5.91 Å². The quantitative estimate of drug-likeness (QED) is 0.726. The summed E-state index contributed by atoms with van der Waals surface area (Å²) in [7, 11) is 0. The van der Waals surface area contributed by atoms with Crippen molar-refractivity contribution in [2.75, 3.05) is 26.2 Å². The summed E-state index contributed by atoms with van der Waals surface area (Å²) in [5.74, 6) is 1.13. The number of piperazine rings is 1. The molecule has 4 rings (SSSR count). The van der Waals surface area contributed by atoms with Gasteiger partial charge < -0.3 is 13.7 Å². The van der Waals surface area contributed by atoms with Crippen molar-refractivity contribution in [1.82, 2.24) is 20.0 Å². The van der Waals surface area contributed by atoms with Gasteiger partial charge in [-0.05, 0) is 18.2 Å². The fourth-order valence-corrected chi connectivity index (χ4v) is 2.88. The molecule has 0 atom stereocenters. The second kappa shape index (κ2) is 6.90. The van der Waals surface area contributed by atoms with E-state index >= 15 is 0 Å². The van der Waals surface area contributed by atoms with E-state index in [4.69, 9.17) is 8.83 Å². The van der Waals surface area contributed by atoms with E-state index in [1.807, 2.05) is 35.2 Å². The average molecular weight is 338 g/mol. The molecule has 0 N–H and O–H groups in total. The lowest BCUT2D eigenvalue weighted by molar-refractivity contribution is 0.0617. The summed E-state index contributed by atoms with van der Waals surface area (Å²) < 4.78 is 10.7. The molecule has 7 nitrogen and oxygen atoms in total. The Kier molecular flexibility index (Phi) is 4.30. The molecule has 3 heterocycles. The van der Waals surface area contributed by atoms with Gasteiger partial charge in [0.05, 0.1) is 18.4 Å². The Morgan fingerprint density at radius 2 is 1.84 bits per heavy atom. The molecule has 0 bridgehead atoms. The topological polar surface area (TPSA) is 75.6 Å². The van der Waals surface area contributed by atoms with Crippen LogP contribution in [-0.4, -0.2) is 52.1 Å². The van der Waals surface area contributed by atoms with Crippen molar-refractivity contribution in [3.63, 3.8) is 0 Å². The van der Waals surface area contributed by atoms with Crippen LogP contribution in [0.2, 0.25) is 0 Å². The molecule has 2 aromatic heterocycles. The van der Waals surface area contributed by atoms with Crippen molar-refractivity contribution in [2.45, 2.75) is 6.54 Å². The van der Waals surface area contributed by atoms with Gasteiger partial charge in [-0.1, -0.05) is 18.2 Å². The van der Waals surface area contributed by atoms with Crippen molar-refractivity contribution in [1.29, 1.82) is 0 Å². The predicted octanol–water partition coefficient (Wildman–Crippen LogP) is 2.29. The van der Waals surface area contributed by atoms with E-state index in [0.717, 1.165) is 18.7 Å². The maximum Gasteiger partial charge on any atom is 0.257 e. The molecule has 1 saturated heterocycles. The lowest BCUT2D eigenvalue weighted by atomic mass is 10.2. The smallest absolute Gasteiger partial charge is 0.257 e. The van der Waals surface area contributed by atoms with Crippen LogP contribution in [0.4, 0.5) is 0 Å². The van der Waals surface area contributed by atoms with Gasteiger partial charge >= 0.3 is 0 Å².